The molecule has 0 radical (unpaired) electrons. The minimum Gasteiger partial charge on any atom is -0.299 e. The van der Waals surface area contributed by atoms with E-state index in [4.69, 9.17) is 0 Å². The van der Waals surface area contributed by atoms with Crippen molar-refractivity contribution in [3.63, 3.8) is 0 Å². The Morgan fingerprint density at radius 1 is 0.533 bits per heavy atom. The smallest absolute Gasteiger partial charge is 0.141 e. The zero-order valence-electron chi connectivity index (χ0n) is 17.6. The third-order valence-electron chi connectivity index (χ3n) is 5.62. The second kappa shape index (κ2) is 8.92. The first-order valence-corrected chi connectivity index (χ1v) is 10.4. The summed E-state index contributed by atoms with van der Waals surface area (Å²) in [6.07, 6.45) is 0.932. The highest BCUT2D eigenvalue weighted by Crippen LogP contribution is 2.25. The molecule has 1 nitrogen and oxygen atoms in total. The molecule has 0 aliphatic heterocycles. The average Bonchev–Trinajstić information content (AvgIpc) is 2.76. The van der Waals surface area contributed by atoms with E-state index in [0.29, 0.717) is 12.8 Å². The summed E-state index contributed by atoms with van der Waals surface area (Å²) >= 11 is 0. The van der Waals surface area contributed by atoms with Crippen molar-refractivity contribution in [2.24, 2.45) is 0 Å². The second-order valence-electron chi connectivity index (χ2n) is 7.92. The predicted molar refractivity (Wildman–Crippen MR) is 126 cm³/mol. The van der Waals surface area contributed by atoms with Crippen LogP contribution in [-0.4, -0.2) is 5.78 Å². The molecule has 4 aromatic carbocycles. The third-order valence-corrected chi connectivity index (χ3v) is 5.62. The Bertz CT molecular complexity index is 1060. The van der Waals surface area contributed by atoms with Gasteiger partial charge >= 0.3 is 0 Å². The zero-order chi connectivity index (χ0) is 20.9. The maximum atomic E-state index is 12.6. The van der Waals surface area contributed by atoms with E-state index in [9.17, 15) is 4.79 Å². The fraction of sp³-hybridized carbons (Fsp3) is 0.138. The third kappa shape index (κ3) is 4.58. The van der Waals surface area contributed by atoms with Gasteiger partial charge < -0.3 is 0 Å². The molecule has 4 rings (SSSR count). The van der Waals surface area contributed by atoms with Crippen LogP contribution in [0, 0.1) is 13.8 Å². The van der Waals surface area contributed by atoms with Gasteiger partial charge in [0.05, 0.1) is 0 Å². The lowest BCUT2D eigenvalue weighted by atomic mass is 9.96. The lowest BCUT2D eigenvalue weighted by molar-refractivity contribution is -0.117. The Balaban J connectivity index is 1.40. The van der Waals surface area contributed by atoms with E-state index in [2.05, 4.69) is 111 Å². The standard InChI is InChI=1S/C29H26O/c1-21-7-3-5-9-28(21)25-15-11-23(12-16-25)19-27(30)20-24-13-17-26(18-14-24)29-10-6-4-8-22(29)2/h3-18H,19-20H2,1-2H3. The van der Waals surface area contributed by atoms with Crippen LogP contribution in [0.4, 0.5) is 0 Å². The quantitative estimate of drug-likeness (QED) is 0.347. The molecule has 0 heterocycles. The molecule has 0 N–H and O–H groups in total. The molecule has 1 heteroatoms. The largest absolute Gasteiger partial charge is 0.299 e. The molecule has 0 saturated heterocycles. The van der Waals surface area contributed by atoms with Crippen molar-refractivity contribution in [2.75, 3.05) is 0 Å². The highest BCUT2D eigenvalue weighted by atomic mass is 16.1. The van der Waals surface area contributed by atoms with Gasteiger partial charge in [-0.3, -0.25) is 4.79 Å². The van der Waals surface area contributed by atoms with Crippen molar-refractivity contribution in [3.05, 3.63) is 119 Å². The summed E-state index contributed by atoms with van der Waals surface area (Å²) in [7, 11) is 0. The first kappa shape index (κ1) is 19.8. The van der Waals surface area contributed by atoms with E-state index in [1.54, 1.807) is 0 Å². The van der Waals surface area contributed by atoms with Crippen LogP contribution >= 0.6 is 0 Å². The molecule has 0 saturated carbocycles. The van der Waals surface area contributed by atoms with E-state index in [1.807, 2.05) is 0 Å². The summed E-state index contributed by atoms with van der Waals surface area (Å²) < 4.78 is 0. The summed E-state index contributed by atoms with van der Waals surface area (Å²) in [5.74, 6) is 0.238. The lowest BCUT2D eigenvalue weighted by Crippen LogP contribution is -2.06. The van der Waals surface area contributed by atoms with E-state index in [-0.39, 0.29) is 5.78 Å². The normalized spacial score (nSPS) is 10.7. The van der Waals surface area contributed by atoms with Gasteiger partial charge in [-0.2, -0.15) is 0 Å². The first-order chi connectivity index (χ1) is 14.6. The average molecular weight is 391 g/mol. The van der Waals surface area contributed by atoms with Gasteiger partial charge in [0, 0.05) is 12.8 Å². The molecule has 0 amide bonds. The van der Waals surface area contributed by atoms with E-state index >= 15 is 0 Å². The van der Waals surface area contributed by atoms with Crippen LogP contribution < -0.4 is 0 Å². The number of Topliss-reactive ketones (excluding diaryl/α,β-unsaturated/α-hetero) is 1. The van der Waals surface area contributed by atoms with Crippen molar-refractivity contribution in [3.8, 4) is 22.3 Å². The van der Waals surface area contributed by atoms with Crippen molar-refractivity contribution in [2.45, 2.75) is 26.7 Å². The number of aryl methyl sites for hydroxylation is 2. The van der Waals surface area contributed by atoms with Crippen molar-refractivity contribution >= 4 is 5.78 Å². The topological polar surface area (TPSA) is 17.1 Å². The minimum atomic E-state index is 0.238. The van der Waals surface area contributed by atoms with Gasteiger partial charge in [-0.15, -0.1) is 0 Å². The van der Waals surface area contributed by atoms with E-state index in [1.165, 1.54) is 33.4 Å². The van der Waals surface area contributed by atoms with Crippen LogP contribution in [0.5, 0.6) is 0 Å². The molecule has 0 spiro atoms. The summed E-state index contributed by atoms with van der Waals surface area (Å²) in [6.45, 7) is 4.24. The number of carbonyl (C=O) groups excluding carboxylic acids is 1. The first-order valence-electron chi connectivity index (χ1n) is 10.4. The molecule has 0 aliphatic rings. The molecule has 30 heavy (non-hydrogen) atoms. The Morgan fingerprint density at radius 3 is 1.27 bits per heavy atom. The Hall–Kier alpha value is -3.45. The molecule has 0 bridgehead atoms. The van der Waals surface area contributed by atoms with E-state index in [0.717, 1.165) is 11.1 Å². The van der Waals surface area contributed by atoms with Gasteiger partial charge in [0.2, 0.25) is 0 Å². The Morgan fingerprint density at radius 2 is 0.900 bits per heavy atom. The maximum Gasteiger partial charge on any atom is 0.141 e. The SMILES string of the molecule is Cc1ccccc1-c1ccc(CC(=O)Cc2ccc(-c3ccccc3C)cc2)cc1. The van der Waals surface area contributed by atoms with Gasteiger partial charge in [-0.05, 0) is 58.4 Å². The summed E-state index contributed by atoms with van der Waals surface area (Å²) in [6, 6.07) is 33.5. The van der Waals surface area contributed by atoms with Gasteiger partial charge in [0.25, 0.3) is 0 Å². The summed E-state index contributed by atoms with van der Waals surface area (Å²) in [5, 5.41) is 0. The monoisotopic (exact) mass is 390 g/mol. The number of carbonyl (C=O) groups is 1. The van der Waals surface area contributed by atoms with Crippen LogP contribution in [0.15, 0.2) is 97.1 Å². The Kier molecular flexibility index (Phi) is 5.90. The van der Waals surface area contributed by atoms with E-state index < -0.39 is 0 Å². The van der Waals surface area contributed by atoms with Gasteiger partial charge in [0.1, 0.15) is 5.78 Å². The Labute approximate surface area is 179 Å². The van der Waals surface area contributed by atoms with Crippen LogP contribution in [0.2, 0.25) is 0 Å². The number of hydrogen-bond donors (Lipinski definition) is 0. The lowest BCUT2D eigenvalue weighted by Gasteiger charge is -2.08. The van der Waals surface area contributed by atoms with Gasteiger partial charge in [0.15, 0.2) is 0 Å². The molecule has 0 aromatic heterocycles. The number of benzene rings is 4. The number of ketones is 1. The molecule has 0 fully saturated rings. The molecule has 0 unspecified atom stereocenters. The highest BCUT2D eigenvalue weighted by Gasteiger charge is 2.08. The van der Waals surface area contributed by atoms with Crippen LogP contribution in [0.1, 0.15) is 22.3 Å². The number of rotatable bonds is 6. The number of hydrogen-bond acceptors (Lipinski definition) is 1. The highest BCUT2D eigenvalue weighted by molar-refractivity contribution is 5.83. The van der Waals surface area contributed by atoms with Crippen LogP contribution in [0.25, 0.3) is 22.3 Å². The van der Waals surface area contributed by atoms with Crippen molar-refractivity contribution in [1.29, 1.82) is 0 Å². The van der Waals surface area contributed by atoms with Gasteiger partial charge in [-0.1, -0.05) is 97.1 Å². The van der Waals surface area contributed by atoms with Crippen LogP contribution in [0.3, 0.4) is 0 Å². The maximum absolute atomic E-state index is 12.6. The molecular weight excluding hydrogens is 364 g/mol. The summed E-state index contributed by atoms with van der Waals surface area (Å²) in [5.41, 5.74) is 9.51. The minimum absolute atomic E-state index is 0.238. The zero-order valence-corrected chi connectivity index (χ0v) is 17.6. The van der Waals surface area contributed by atoms with Crippen LogP contribution in [-0.2, 0) is 17.6 Å². The molecule has 148 valence electrons. The molecular formula is C29H26O. The second-order valence-corrected chi connectivity index (χ2v) is 7.92. The summed E-state index contributed by atoms with van der Waals surface area (Å²) in [4.78, 5) is 12.6. The van der Waals surface area contributed by atoms with Gasteiger partial charge in [-0.25, -0.2) is 0 Å². The van der Waals surface area contributed by atoms with Crippen molar-refractivity contribution in [1.82, 2.24) is 0 Å². The fourth-order valence-electron chi connectivity index (χ4n) is 3.92. The predicted octanol–water partition coefficient (Wildman–Crippen LogP) is 6.99. The molecule has 4 aromatic rings. The molecule has 0 atom stereocenters. The fourth-order valence-corrected chi connectivity index (χ4v) is 3.92. The van der Waals surface area contributed by atoms with Crippen molar-refractivity contribution < 1.29 is 4.79 Å². The molecule has 0 aliphatic carbocycles.